The van der Waals surface area contributed by atoms with E-state index in [1.165, 1.54) is 41.5 Å². The van der Waals surface area contributed by atoms with E-state index in [4.69, 9.17) is 0 Å². The summed E-state index contributed by atoms with van der Waals surface area (Å²) < 4.78 is 1.18. The molecule has 0 aliphatic carbocycles. The van der Waals surface area contributed by atoms with Gasteiger partial charge in [-0.15, -0.1) is 0 Å². The van der Waals surface area contributed by atoms with Gasteiger partial charge in [-0.3, -0.25) is 0 Å². The van der Waals surface area contributed by atoms with Gasteiger partial charge in [0.2, 0.25) is 0 Å². The van der Waals surface area contributed by atoms with Crippen molar-refractivity contribution in [1.82, 2.24) is 5.32 Å². The molecule has 1 aliphatic rings. The van der Waals surface area contributed by atoms with Gasteiger partial charge in [0.15, 0.2) is 0 Å². The van der Waals surface area contributed by atoms with Gasteiger partial charge in [0, 0.05) is 4.47 Å². The molecule has 0 amide bonds. The fourth-order valence-corrected chi connectivity index (χ4v) is 2.56. The lowest BCUT2D eigenvalue weighted by Crippen LogP contribution is -2.11. The van der Waals surface area contributed by atoms with Crippen molar-refractivity contribution in [1.29, 1.82) is 0 Å². The Kier molecular flexibility index (Phi) is 3.24. The molecule has 0 radical (unpaired) electrons. The quantitative estimate of drug-likeness (QED) is 0.855. The van der Waals surface area contributed by atoms with Gasteiger partial charge in [-0.1, -0.05) is 22.0 Å². The fraction of sp³-hybridized carbons (Fsp3) is 0.500. The van der Waals surface area contributed by atoms with E-state index in [0.717, 1.165) is 5.92 Å². The summed E-state index contributed by atoms with van der Waals surface area (Å²) in [5.41, 5.74) is 2.91. The van der Waals surface area contributed by atoms with Crippen LogP contribution in [0.25, 0.3) is 0 Å². The summed E-state index contributed by atoms with van der Waals surface area (Å²) in [6, 6.07) is 6.60. The molecule has 0 saturated carbocycles. The van der Waals surface area contributed by atoms with E-state index in [1.807, 2.05) is 0 Å². The summed E-state index contributed by atoms with van der Waals surface area (Å²) in [6.45, 7) is 4.58. The van der Waals surface area contributed by atoms with Gasteiger partial charge in [-0.05, 0) is 62.0 Å². The number of halogens is 1. The number of rotatable bonds is 2. The maximum Gasteiger partial charge on any atom is 0.0178 e. The highest BCUT2D eigenvalue weighted by atomic mass is 79.9. The third-order valence-corrected chi connectivity index (χ3v) is 3.47. The van der Waals surface area contributed by atoms with Gasteiger partial charge in [-0.25, -0.2) is 0 Å². The first-order valence-corrected chi connectivity index (χ1v) is 6.01. The van der Waals surface area contributed by atoms with Crippen LogP contribution in [0.5, 0.6) is 0 Å². The summed E-state index contributed by atoms with van der Waals surface area (Å²) in [4.78, 5) is 0. The first kappa shape index (κ1) is 10.2. The van der Waals surface area contributed by atoms with Crippen molar-refractivity contribution < 1.29 is 0 Å². The van der Waals surface area contributed by atoms with Crippen molar-refractivity contribution >= 4 is 15.9 Å². The topological polar surface area (TPSA) is 12.0 Å². The number of aryl methyl sites for hydroxylation is 1. The minimum atomic E-state index is 0.842. The first-order chi connectivity index (χ1) is 6.75. The highest BCUT2D eigenvalue weighted by Crippen LogP contribution is 2.21. The van der Waals surface area contributed by atoms with Crippen molar-refractivity contribution in [3.05, 3.63) is 33.8 Å². The zero-order chi connectivity index (χ0) is 9.97. The Hall–Kier alpha value is -0.340. The standard InChI is InChI=1S/C12H16BrN/c1-9-6-12(13)3-2-11(9)7-10-4-5-14-8-10/h2-3,6,10,14H,4-5,7-8H2,1H3. The third-order valence-electron chi connectivity index (χ3n) is 2.98. The predicted octanol–water partition coefficient (Wildman–Crippen LogP) is 2.91. The smallest absolute Gasteiger partial charge is 0.0178 e. The lowest BCUT2D eigenvalue weighted by Gasteiger charge is -2.11. The normalized spacial score (nSPS) is 21.4. The lowest BCUT2D eigenvalue weighted by atomic mass is 9.96. The molecule has 1 fully saturated rings. The maximum atomic E-state index is 3.50. The van der Waals surface area contributed by atoms with Crippen molar-refractivity contribution in [2.24, 2.45) is 5.92 Å². The molecule has 1 atom stereocenters. The molecule has 1 heterocycles. The molecule has 1 aliphatic heterocycles. The number of nitrogens with one attached hydrogen (secondary N) is 1. The summed E-state index contributed by atoms with van der Waals surface area (Å²) in [7, 11) is 0. The van der Waals surface area contributed by atoms with Crippen LogP contribution in [0.3, 0.4) is 0 Å². The minimum Gasteiger partial charge on any atom is -0.316 e. The van der Waals surface area contributed by atoms with Crippen LogP contribution in [0.1, 0.15) is 17.5 Å². The summed E-state index contributed by atoms with van der Waals surface area (Å²) in [6.07, 6.45) is 2.56. The first-order valence-electron chi connectivity index (χ1n) is 5.21. The molecule has 0 spiro atoms. The largest absolute Gasteiger partial charge is 0.316 e. The Bertz CT molecular complexity index is 316. The molecule has 2 heteroatoms. The molecule has 1 aromatic carbocycles. The van der Waals surface area contributed by atoms with Crippen LogP contribution in [0, 0.1) is 12.8 Å². The Labute approximate surface area is 94.0 Å². The van der Waals surface area contributed by atoms with Gasteiger partial charge >= 0.3 is 0 Å². The van der Waals surface area contributed by atoms with Gasteiger partial charge in [0.05, 0.1) is 0 Å². The second-order valence-corrected chi connectivity index (χ2v) is 5.05. The zero-order valence-electron chi connectivity index (χ0n) is 8.52. The van der Waals surface area contributed by atoms with Crippen LogP contribution in [0.2, 0.25) is 0 Å². The number of hydrogen-bond acceptors (Lipinski definition) is 1. The molecule has 2 rings (SSSR count). The van der Waals surface area contributed by atoms with Crippen LogP contribution in [0.15, 0.2) is 22.7 Å². The third kappa shape index (κ3) is 2.37. The van der Waals surface area contributed by atoms with Crippen LogP contribution in [0.4, 0.5) is 0 Å². The SMILES string of the molecule is Cc1cc(Br)ccc1CC1CCNC1. The van der Waals surface area contributed by atoms with Crippen LogP contribution in [-0.2, 0) is 6.42 Å². The lowest BCUT2D eigenvalue weighted by molar-refractivity contribution is 0.578. The molecule has 76 valence electrons. The van der Waals surface area contributed by atoms with Crippen molar-refractivity contribution in [2.75, 3.05) is 13.1 Å². The van der Waals surface area contributed by atoms with E-state index < -0.39 is 0 Å². The van der Waals surface area contributed by atoms with Crippen LogP contribution < -0.4 is 5.32 Å². The average Bonchev–Trinajstić information content (AvgIpc) is 2.62. The van der Waals surface area contributed by atoms with Crippen molar-refractivity contribution in [3.8, 4) is 0 Å². The molecule has 0 bridgehead atoms. The van der Waals surface area contributed by atoms with Crippen LogP contribution in [-0.4, -0.2) is 13.1 Å². The Morgan fingerprint density at radius 1 is 1.50 bits per heavy atom. The number of benzene rings is 1. The molecule has 0 aromatic heterocycles. The van der Waals surface area contributed by atoms with E-state index in [-0.39, 0.29) is 0 Å². The summed E-state index contributed by atoms with van der Waals surface area (Å²) >= 11 is 3.50. The van der Waals surface area contributed by atoms with Crippen LogP contribution >= 0.6 is 15.9 Å². The highest BCUT2D eigenvalue weighted by molar-refractivity contribution is 9.10. The monoisotopic (exact) mass is 253 g/mol. The average molecular weight is 254 g/mol. The van der Waals surface area contributed by atoms with Gasteiger partial charge < -0.3 is 5.32 Å². The summed E-state index contributed by atoms with van der Waals surface area (Å²) in [5.74, 6) is 0.842. The van der Waals surface area contributed by atoms with Gasteiger partial charge in [0.25, 0.3) is 0 Å². The number of hydrogen-bond donors (Lipinski definition) is 1. The highest BCUT2D eigenvalue weighted by Gasteiger charge is 2.15. The molecule has 1 N–H and O–H groups in total. The molecule has 1 unspecified atom stereocenters. The van der Waals surface area contributed by atoms with Gasteiger partial charge in [0.1, 0.15) is 0 Å². The molecular formula is C12H16BrN. The van der Waals surface area contributed by atoms with Gasteiger partial charge in [-0.2, -0.15) is 0 Å². The van der Waals surface area contributed by atoms with E-state index >= 15 is 0 Å². The zero-order valence-corrected chi connectivity index (χ0v) is 10.1. The summed E-state index contributed by atoms with van der Waals surface area (Å²) in [5, 5.41) is 3.41. The van der Waals surface area contributed by atoms with E-state index in [2.05, 4.69) is 46.4 Å². The molecular weight excluding hydrogens is 238 g/mol. The molecule has 1 saturated heterocycles. The minimum absolute atomic E-state index is 0.842. The Morgan fingerprint density at radius 2 is 2.36 bits per heavy atom. The van der Waals surface area contributed by atoms with E-state index in [0.29, 0.717) is 0 Å². The fourth-order valence-electron chi connectivity index (χ4n) is 2.09. The van der Waals surface area contributed by atoms with Crippen molar-refractivity contribution in [2.45, 2.75) is 19.8 Å². The maximum absolute atomic E-state index is 3.50. The second-order valence-electron chi connectivity index (χ2n) is 4.13. The molecule has 1 aromatic rings. The van der Waals surface area contributed by atoms with E-state index in [1.54, 1.807) is 0 Å². The predicted molar refractivity (Wildman–Crippen MR) is 63.6 cm³/mol. The van der Waals surface area contributed by atoms with Crippen molar-refractivity contribution in [3.63, 3.8) is 0 Å². The molecule has 14 heavy (non-hydrogen) atoms. The Morgan fingerprint density at radius 3 is 3.00 bits per heavy atom. The Balaban J connectivity index is 2.08. The van der Waals surface area contributed by atoms with E-state index in [9.17, 15) is 0 Å². The second kappa shape index (κ2) is 4.45. The molecule has 1 nitrogen and oxygen atoms in total.